The van der Waals surface area contributed by atoms with Crippen LogP contribution in [0.4, 0.5) is 21.0 Å². The summed E-state index contributed by atoms with van der Waals surface area (Å²) in [6.45, 7) is 17.1. The second kappa shape index (κ2) is 33.1. The third-order valence-electron chi connectivity index (χ3n) is 10.5. The Bertz CT molecular complexity index is 1150. The molecule has 8 heteroatoms. The molecule has 0 bridgehead atoms. The smallest absolute Gasteiger partial charge is 0.319 e. The fourth-order valence-electron chi connectivity index (χ4n) is 7.19. The number of urea groups is 2. The quantitative estimate of drug-likeness (QED) is 0.0535. The van der Waals surface area contributed by atoms with E-state index in [9.17, 15) is 9.59 Å². The highest BCUT2D eigenvalue weighted by Crippen LogP contribution is 2.18. The van der Waals surface area contributed by atoms with Gasteiger partial charge in [-0.1, -0.05) is 142 Å². The molecule has 8 nitrogen and oxygen atoms in total. The average Bonchev–Trinajstić information content (AvgIpc) is 3.17. The maximum Gasteiger partial charge on any atom is 0.319 e. The second-order valence-corrected chi connectivity index (χ2v) is 15.7. The summed E-state index contributed by atoms with van der Waals surface area (Å²) in [5.74, 6) is 0. The number of rotatable bonds is 34. The number of unbranched alkanes of at least 4 members (excludes halogenated alkanes) is 14. The van der Waals surface area contributed by atoms with Crippen molar-refractivity contribution in [3.8, 4) is 0 Å². The van der Waals surface area contributed by atoms with Crippen molar-refractivity contribution in [2.24, 2.45) is 0 Å². The summed E-state index contributed by atoms with van der Waals surface area (Å²) in [6, 6.07) is 15.7. The molecule has 0 atom stereocenters. The van der Waals surface area contributed by atoms with Crippen molar-refractivity contribution in [3.05, 3.63) is 59.7 Å². The van der Waals surface area contributed by atoms with Crippen molar-refractivity contribution in [2.45, 2.75) is 163 Å². The fourth-order valence-corrected chi connectivity index (χ4v) is 7.19. The van der Waals surface area contributed by atoms with Gasteiger partial charge in [0.15, 0.2) is 0 Å². The Morgan fingerprint density at radius 3 is 1.13 bits per heavy atom. The number of hydrogen-bond donors (Lipinski definition) is 4. The van der Waals surface area contributed by atoms with E-state index in [4.69, 9.17) is 0 Å². The van der Waals surface area contributed by atoms with Crippen LogP contribution in [0, 0.1) is 0 Å². The van der Waals surface area contributed by atoms with Crippen LogP contribution < -0.4 is 21.3 Å². The van der Waals surface area contributed by atoms with Crippen LogP contribution in [0.1, 0.15) is 167 Å². The lowest BCUT2D eigenvalue weighted by molar-refractivity contribution is 0.244. The molecule has 4 N–H and O–H groups in total. The third kappa shape index (κ3) is 25.6. The molecule has 2 aromatic carbocycles. The maximum atomic E-state index is 12.8. The van der Waals surface area contributed by atoms with Crippen LogP contribution in [0.25, 0.3) is 0 Å². The molecule has 55 heavy (non-hydrogen) atoms. The Hall–Kier alpha value is -3.10. The SMILES string of the molecule is CCCCCCCN(CCCCCC)CCCNC(=O)Nc1cccc(Cc2cccc(NC(=O)NCCCN(CCCCCC)CCCCCCC)c2)c1. The van der Waals surface area contributed by atoms with Crippen LogP contribution in [0.15, 0.2) is 48.5 Å². The summed E-state index contributed by atoms with van der Waals surface area (Å²) >= 11 is 0. The zero-order valence-corrected chi connectivity index (χ0v) is 35.8. The van der Waals surface area contributed by atoms with Gasteiger partial charge in [-0.05, 0) is 120 Å². The lowest BCUT2D eigenvalue weighted by Crippen LogP contribution is -2.33. The molecular weight excluding hydrogens is 681 g/mol. The van der Waals surface area contributed by atoms with E-state index in [0.717, 1.165) is 61.5 Å². The Balaban J connectivity index is 1.75. The molecule has 0 aliphatic rings. The van der Waals surface area contributed by atoms with E-state index in [1.165, 1.54) is 129 Å². The van der Waals surface area contributed by atoms with E-state index >= 15 is 0 Å². The standard InChI is InChI=1S/C47H82N6O2/c1-5-9-13-17-21-35-52(33-19-15-11-7-3)37-25-31-48-46(54)50-44-29-23-27-42(40-44)39-43-28-24-30-45(41-43)51-47(55)49-32-26-38-53(34-20-16-12-8-4)36-22-18-14-10-6-2/h23-24,27-30,40-41H,5-22,25-26,31-39H2,1-4H3,(H2,48,50,54)(H2,49,51,55). The van der Waals surface area contributed by atoms with Gasteiger partial charge >= 0.3 is 12.1 Å². The van der Waals surface area contributed by atoms with Crippen LogP contribution in [-0.4, -0.2) is 74.2 Å². The highest BCUT2D eigenvalue weighted by Gasteiger charge is 2.09. The van der Waals surface area contributed by atoms with Crippen molar-refractivity contribution >= 4 is 23.4 Å². The minimum atomic E-state index is -0.162. The van der Waals surface area contributed by atoms with Crippen molar-refractivity contribution in [2.75, 3.05) is 63.0 Å². The first kappa shape index (κ1) is 48.0. The van der Waals surface area contributed by atoms with Gasteiger partial charge in [0, 0.05) is 24.5 Å². The number of anilines is 2. The molecule has 0 radical (unpaired) electrons. The molecule has 0 aliphatic carbocycles. The van der Waals surface area contributed by atoms with Gasteiger partial charge < -0.3 is 31.1 Å². The fraction of sp³-hybridized carbons (Fsp3) is 0.702. The molecule has 0 saturated heterocycles. The molecular formula is C47H82N6O2. The molecule has 0 spiro atoms. The third-order valence-corrected chi connectivity index (χ3v) is 10.5. The number of carbonyl (C=O) groups excluding carboxylic acids is 2. The molecule has 0 fully saturated rings. The van der Waals surface area contributed by atoms with Crippen LogP contribution in [0.3, 0.4) is 0 Å². The lowest BCUT2D eigenvalue weighted by Gasteiger charge is -2.22. The molecule has 2 rings (SSSR count). The van der Waals surface area contributed by atoms with E-state index in [2.05, 4.69) is 70.9 Å². The molecule has 0 aromatic heterocycles. The van der Waals surface area contributed by atoms with Gasteiger partial charge in [-0.2, -0.15) is 0 Å². The summed E-state index contributed by atoms with van der Waals surface area (Å²) in [5.41, 5.74) is 3.76. The van der Waals surface area contributed by atoms with E-state index in [1.54, 1.807) is 0 Å². The predicted molar refractivity (Wildman–Crippen MR) is 238 cm³/mol. The summed E-state index contributed by atoms with van der Waals surface area (Å²) in [6.07, 6.45) is 26.0. The number of carbonyl (C=O) groups is 2. The first-order chi connectivity index (χ1) is 27.0. The largest absolute Gasteiger partial charge is 0.338 e. The van der Waals surface area contributed by atoms with Gasteiger partial charge in [0.25, 0.3) is 0 Å². The van der Waals surface area contributed by atoms with Gasteiger partial charge in [-0.15, -0.1) is 0 Å². The maximum absolute atomic E-state index is 12.8. The molecule has 0 heterocycles. The van der Waals surface area contributed by atoms with Crippen LogP contribution in [0.5, 0.6) is 0 Å². The van der Waals surface area contributed by atoms with Crippen molar-refractivity contribution in [1.29, 1.82) is 0 Å². The summed E-state index contributed by atoms with van der Waals surface area (Å²) < 4.78 is 0. The molecule has 0 saturated carbocycles. The Kier molecular flexibility index (Phi) is 28.9. The highest BCUT2D eigenvalue weighted by molar-refractivity contribution is 5.90. The summed E-state index contributed by atoms with van der Waals surface area (Å²) in [5, 5.41) is 12.2. The predicted octanol–water partition coefficient (Wildman–Crippen LogP) is 12.0. The van der Waals surface area contributed by atoms with Crippen LogP contribution >= 0.6 is 0 Å². The first-order valence-electron chi connectivity index (χ1n) is 22.7. The molecule has 4 amide bonds. The normalized spacial score (nSPS) is 11.3. The monoisotopic (exact) mass is 763 g/mol. The number of nitrogens with zero attached hydrogens (tertiary/aromatic N) is 2. The zero-order chi connectivity index (χ0) is 39.6. The Labute approximate surface area is 337 Å². The summed E-state index contributed by atoms with van der Waals surface area (Å²) in [7, 11) is 0. The number of amides is 4. The van der Waals surface area contributed by atoms with Crippen LogP contribution in [-0.2, 0) is 6.42 Å². The minimum Gasteiger partial charge on any atom is -0.338 e. The summed E-state index contributed by atoms with van der Waals surface area (Å²) in [4.78, 5) is 30.7. The van der Waals surface area contributed by atoms with Crippen molar-refractivity contribution in [3.63, 3.8) is 0 Å². The first-order valence-corrected chi connectivity index (χ1v) is 22.7. The van der Waals surface area contributed by atoms with E-state index in [0.29, 0.717) is 19.5 Å². The molecule has 312 valence electrons. The Morgan fingerprint density at radius 2 is 0.764 bits per heavy atom. The average molecular weight is 763 g/mol. The van der Waals surface area contributed by atoms with E-state index in [-0.39, 0.29) is 12.1 Å². The van der Waals surface area contributed by atoms with Gasteiger partial charge in [0.1, 0.15) is 0 Å². The second-order valence-electron chi connectivity index (χ2n) is 15.7. The number of nitrogens with one attached hydrogen (secondary N) is 4. The van der Waals surface area contributed by atoms with E-state index in [1.807, 2.05) is 36.4 Å². The van der Waals surface area contributed by atoms with Gasteiger partial charge in [-0.25, -0.2) is 9.59 Å². The zero-order valence-electron chi connectivity index (χ0n) is 35.8. The van der Waals surface area contributed by atoms with Gasteiger partial charge in [-0.3, -0.25) is 0 Å². The van der Waals surface area contributed by atoms with Gasteiger partial charge in [0.05, 0.1) is 0 Å². The molecule has 0 unspecified atom stereocenters. The van der Waals surface area contributed by atoms with Crippen molar-refractivity contribution in [1.82, 2.24) is 20.4 Å². The number of benzene rings is 2. The topological polar surface area (TPSA) is 88.7 Å². The lowest BCUT2D eigenvalue weighted by atomic mass is 10.0. The molecule has 0 aliphatic heterocycles. The van der Waals surface area contributed by atoms with Crippen LogP contribution in [0.2, 0.25) is 0 Å². The van der Waals surface area contributed by atoms with Gasteiger partial charge in [0.2, 0.25) is 0 Å². The van der Waals surface area contributed by atoms with E-state index < -0.39 is 0 Å². The number of hydrogen-bond acceptors (Lipinski definition) is 4. The highest BCUT2D eigenvalue weighted by atomic mass is 16.2. The molecule has 2 aromatic rings. The minimum absolute atomic E-state index is 0.162. The van der Waals surface area contributed by atoms with Crippen molar-refractivity contribution < 1.29 is 9.59 Å². The Morgan fingerprint density at radius 1 is 0.436 bits per heavy atom.